The number of nitrogens with zero attached hydrogens (tertiary/aromatic N) is 4. The number of nitrogens with one attached hydrogen (secondary N) is 3. The maximum Gasteiger partial charge on any atom is 0.416 e. The Morgan fingerprint density at radius 2 is 1.70 bits per heavy atom. The molecule has 40 heavy (non-hydrogen) atoms. The number of hydrogen-bond donors (Lipinski definition) is 3. The van der Waals surface area contributed by atoms with Crippen molar-refractivity contribution < 1.29 is 22.4 Å². The van der Waals surface area contributed by atoms with E-state index in [-0.39, 0.29) is 29.4 Å². The first-order valence-electron chi connectivity index (χ1n) is 12.7. The zero-order valence-corrected chi connectivity index (χ0v) is 22.1. The van der Waals surface area contributed by atoms with Crippen LogP contribution < -0.4 is 16.0 Å². The first kappa shape index (κ1) is 28.8. The smallest absolute Gasteiger partial charge is 0.371 e. The number of hydrogen-bond acceptors (Lipinski definition) is 6. The Morgan fingerprint density at radius 3 is 2.38 bits per heavy atom. The van der Waals surface area contributed by atoms with E-state index in [0.29, 0.717) is 24.2 Å². The number of likely N-dealkylation sites (N-methyl/N-ethyl adjacent to an activating group) is 1. The number of carbonyl (C=O) groups is 1. The van der Waals surface area contributed by atoms with E-state index in [1.54, 1.807) is 13.1 Å². The van der Waals surface area contributed by atoms with Crippen LogP contribution in [0.15, 0.2) is 48.8 Å². The van der Waals surface area contributed by atoms with Crippen LogP contribution in [0.25, 0.3) is 0 Å². The number of amides is 2. The van der Waals surface area contributed by atoms with Crippen molar-refractivity contribution in [3.63, 3.8) is 0 Å². The van der Waals surface area contributed by atoms with Crippen LogP contribution in [0.2, 0.25) is 0 Å². The van der Waals surface area contributed by atoms with Gasteiger partial charge in [0.2, 0.25) is 0 Å². The van der Waals surface area contributed by atoms with Gasteiger partial charge in [-0.1, -0.05) is 24.8 Å². The summed E-state index contributed by atoms with van der Waals surface area (Å²) in [5, 5.41) is 7.56. The molecule has 0 spiro atoms. The van der Waals surface area contributed by atoms with Gasteiger partial charge in [0, 0.05) is 69.0 Å². The molecule has 2 amide bonds. The van der Waals surface area contributed by atoms with Gasteiger partial charge in [-0.3, -0.25) is 10.2 Å². The Kier molecular flexibility index (Phi) is 9.19. The topological polar surface area (TPSA) is 85.4 Å². The third kappa shape index (κ3) is 7.68. The van der Waals surface area contributed by atoms with Crippen LogP contribution in [-0.4, -0.2) is 65.6 Å². The second-order valence-electron chi connectivity index (χ2n) is 9.14. The van der Waals surface area contributed by atoms with Gasteiger partial charge in [0.25, 0.3) is 0 Å². The van der Waals surface area contributed by atoms with E-state index in [1.165, 1.54) is 36.7 Å². The number of alkyl halides is 3. The van der Waals surface area contributed by atoms with Crippen LogP contribution in [0.1, 0.15) is 29.2 Å². The molecular weight excluding hydrogens is 526 g/mol. The molecule has 3 N–H and O–H groups in total. The molecule has 12 heteroatoms. The van der Waals surface area contributed by atoms with Crippen LogP contribution in [0.5, 0.6) is 0 Å². The molecule has 0 aliphatic carbocycles. The number of benzene rings is 1. The molecule has 0 bridgehead atoms. The van der Waals surface area contributed by atoms with E-state index in [9.17, 15) is 22.4 Å². The molecule has 1 aromatic carbocycles. The molecule has 1 aliphatic heterocycles. The first-order chi connectivity index (χ1) is 19.1. The Morgan fingerprint density at radius 1 is 0.975 bits per heavy atom. The molecule has 3 heterocycles. The average molecular weight is 556 g/mol. The SMILES string of the molecule is CCN1CCN(Cc2ccc(NC(=O)Nc3cc(C#Cc4cnc(NC)c(F)c4)ccn3)cc2C(F)(F)F)CC1. The standard InChI is InChI=1S/C28H29F4N7O/c1-3-38-10-12-39(13-11-38)18-21-6-7-22(16-23(21)28(30,31)32)36-27(40)37-25-15-19(8-9-34-25)4-5-20-14-24(29)26(33-2)35-17-20/h6-9,14-17H,3,10-13,18H2,1-2H3,(H,33,35)(H2,34,36,37,40). The molecule has 8 nitrogen and oxygen atoms in total. The van der Waals surface area contributed by atoms with Gasteiger partial charge in [-0.05, 0) is 42.4 Å². The lowest BCUT2D eigenvalue weighted by Crippen LogP contribution is -2.45. The fourth-order valence-electron chi connectivity index (χ4n) is 4.25. The maximum absolute atomic E-state index is 13.9. The fourth-order valence-corrected chi connectivity index (χ4v) is 4.25. The van der Waals surface area contributed by atoms with Gasteiger partial charge in [-0.2, -0.15) is 13.2 Å². The van der Waals surface area contributed by atoms with Gasteiger partial charge < -0.3 is 15.5 Å². The zero-order chi connectivity index (χ0) is 28.7. The summed E-state index contributed by atoms with van der Waals surface area (Å²) in [4.78, 5) is 24.8. The van der Waals surface area contributed by atoms with Crippen molar-refractivity contribution in [2.75, 3.05) is 55.7 Å². The van der Waals surface area contributed by atoms with Crippen molar-refractivity contribution >= 4 is 23.4 Å². The second kappa shape index (κ2) is 12.8. The van der Waals surface area contributed by atoms with Crippen molar-refractivity contribution in [2.45, 2.75) is 19.6 Å². The number of pyridine rings is 2. The number of urea groups is 1. The Hall–Kier alpha value is -4.21. The van der Waals surface area contributed by atoms with E-state index in [4.69, 9.17) is 0 Å². The predicted molar refractivity (Wildman–Crippen MR) is 145 cm³/mol. The summed E-state index contributed by atoms with van der Waals surface area (Å²) in [5.74, 6) is 5.32. The Bertz CT molecular complexity index is 1410. The summed E-state index contributed by atoms with van der Waals surface area (Å²) in [6, 6.07) is 7.36. The molecule has 210 valence electrons. The number of halogens is 4. The molecule has 1 aliphatic rings. The molecule has 0 atom stereocenters. The van der Waals surface area contributed by atoms with Crippen molar-refractivity contribution in [2.24, 2.45) is 0 Å². The minimum Gasteiger partial charge on any atom is -0.371 e. The molecule has 1 saturated heterocycles. The Labute approximate surface area is 229 Å². The monoisotopic (exact) mass is 555 g/mol. The highest BCUT2D eigenvalue weighted by Crippen LogP contribution is 2.34. The number of anilines is 3. The van der Waals surface area contributed by atoms with Crippen molar-refractivity contribution in [3.05, 3.63) is 76.9 Å². The predicted octanol–water partition coefficient (Wildman–Crippen LogP) is 4.86. The van der Waals surface area contributed by atoms with Gasteiger partial charge in [0.15, 0.2) is 11.6 Å². The van der Waals surface area contributed by atoms with Crippen LogP contribution in [0, 0.1) is 17.7 Å². The van der Waals surface area contributed by atoms with Crippen LogP contribution >= 0.6 is 0 Å². The van der Waals surface area contributed by atoms with Crippen LogP contribution in [-0.2, 0) is 12.7 Å². The van der Waals surface area contributed by atoms with Gasteiger partial charge in [0.1, 0.15) is 5.82 Å². The van der Waals surface area contributed by atoms with Crippen molar-refractivity contribution in [3.8, 4) is 11.8 Å². The van der Waals surface area contributed by atoms with Gasteiger partial charge in [-0.15, -0.1) is 0 Å². The lowest BCUT2D eigenvalue weighted by Gasteiger charge is -2.34. The summed E-state index contributed by atoms with van der Waals surface area (Å²) < 4.78 is 55.5. The summed E-state index contributed by atoms with van der Waals surface area (Å²) in [7, 11) is 1.55. The lowest BCUT2D eigenvalue weighted by molar-refractivity contribution is -0.138. The highest BCUT2D eigenvalue weighted by Gasteiger charge is 2.34. The van der Waals surface area contributed by atoms with E-state index in [2.05, 4.69) is 49.6 Å². The van der Waals surface area contributed by atoms with Gasteiger partial charge in [0.05, 0.1) is 5.56 Å². The lowest BCUT2D eigenvalue weighted by atomic mass is 10.0. The second-order valence-corrected chi connectivity index (χ2v) is 9.14. The zero-order valence-electron chi connectivity index (χ0n) is 22.1. The molecule has 1 fully saturated rings. The summed E-state index contributed by atoms with van der Waals surface area (Å²) >= 11 is 0. The average Bonchev–Trinajstić information content (AvgIpc) is 2.93. The summed E-state index contributed by atoms with van der Waals surface area (Å²) in [6.45, 7) is 6.19. The molecule has 0 unspecified atom stereocenters. The van der Waals surface area contributed by atoms with Crippen LogP contribution in [0.4, 0.5) is 39.7 Å². The van der Waals surface area contributed by atoms with Crippen molar-refractivity contribution in [1.82, 2.24) is 19.8 Å². The van der Waals surface area contributed by atoms with E-state index in [0.717, 1.165) is 25.7 Å². The number of rotatable bonds is 6. The third-order valence-corrected chi connectivity index (χ3v) is 6.41. The highest BCUT2D eigenvalue weighted by molar-refractivity contribution is 5.99. The van der Waals surface area contributed by atoms with E-state index < -0.39 is 23.6 Å². The summed E-state index contributed by atoms with van der Waals surface area (Å²) in [6.07, 6.45) is -1.74. The molecule has 0 radical (unpaired) electrons. The number of carbonyl (C=O) groups excluding carboxylic acids is 1. The Balaban J connectivity index is 1.41. The number of aromatic nitrogens is 2. The van der Waals surface area contributed by atoms with Gasteiger partial charge >= 0.3 is 12.2 Å². The van der Waals surface area contributed by atoms with Crippen LogP contribution in [0.3, 0.4) is 0 Å². The minimum atomic E-state index is -4.57. The van der Waals surface area contributed by atoms with E-state index in [1.807, 2.05) is 4.90 Å². The normalized spacial score (nSPS) is 14.2. The van der Waals surface area contributed by atoms with E-state index >= 15 is 0 Å². The molecular formula is C28H29F4N7O. The van der Waals surface area contributed by atoms with Crippen molar-refractivity contribution in [1.29, 1.82) is 0 Å². The minimum absolute atomic E-state index is 0.000124. The maximum atomic E-state index is 13.9. The fraction of sp³-hybridized carbons (Fsp3) is 0.321. The largest absolute Gasteiger partial charge is 0.416 e. The third-order valence-electron chi connectivity index (χ3n) is 6.41. The summed E-state index contributed by atoms with van der Waals surface area (Å²) in [5.41, 5.74) is 0.207. The molecule has 4 rings (SSSR count). The molecule has 0 saturated carbocycles. The number of piperazine rings is 1. The highest BCUT2D eigenvalue weighted by atomic mass is 19.4. The quantitative estimate of drug-likeness (QED) is 0.298. The molecule has 2 aromatic heterocycles. The molecule has 3 aromatic rings. The van der Waals surface area contributed by atoms with Gasteiger partial charge in [-0.25, -0.2) is 19.2 Å². The first-order valence-corrected chi connectivity index (χ1v) is 12.7.